The van der Waals surface area contributed by atoms with Crippen LogP contribution in [0.1, 0.15) is 43.9 Å². The van der Waals surface area contributed by atoms with Crippen LogP contribution >= 0.6 is 0 Å². The third-order valence-corrected chi connectivity index (χ3v) is 9.68. The Bertz CT molecular complexity index is 2540. The van der Waals surface area contributed by atoms with E-state index < -0.39 is 17.8 Å². The van der Waals surface area contributed by atoms with Crippen molar-refractivity contribution in [3.63, 3.8) is 0 Å². The summed E-state index contributed by atoms with van der Waals surface area (Å²) in [6.45, 7) is 4.02. The maximum atomic E-state index is 14.0. The summed E-state index contributed by atoms with van der Waals surface area (Å²) in [7, 11) is 1.66. The Morgan fingerprint density at radius 2 is 1.71 bits per heavy atom. The van der Waals surface area contributed by atoms with Crippen LogP contribution in [0.15, 0.2) is 121 Å². The zero-order valence-electron chi connectivity index (χ0n) is 30.7. The van der Waals surface area contributed by atoms with Gasteiger partial charge in [-0.3, -0.25) is 29.4 Å². The highest BCUT2D eigenvalue weighted by molar-refractivity contribution is 6.20. The Morgan fingerprint density at radius 3 is 2.50 bits per heavy atom. The summed E-state index contributed by atoms with van der Waals surface area (Å²) in [5.41, 5.74) is 7.65. The molecule has 1 atom stereocenters. The molecule has 278 valence electrons. The number of anilines is 6. The maximum absolute atomic E-state index is 14.0. The number of aryl methyl sites for hydroxylation is 2. The van der Waals surface area contributed by atoms with Crippen molar-refractivity contribution in [1.82, 2.24) is 15.0 Å². The van der Waals surface area contributed by atoms with Crippen LogP contribution in [0.2, 0.25) is 0 Å². The van der Waals surface area contributed by atoms with Crippen molar-refractivity contribution < 1.29 is 18.8 Å². The van der Waals surface area contributed by atoms with Crippen molar-refractivity contribution in [3.05, 3.63) is 160 Å². The molecule has 4 heterocycles. The largest absolute Gasteiger partial charge is 0.330 e. The van der Waals surface area contributed by atoms with Gasteiger partial charge in [0.15, 0.2) is 0 Å². The Labute approximate surface area is 322 Å². The lowest BCUT2D eigenvalue weighted by Crippen LogP contribution is -2.46. The molecule has 0 spiro atoms. The van der Waals surface area contributed by atoms with Crippen molar-refractivity contribution in [2.75, 3.05) is 32.8 Å². The van der Waals surface area contributed by atoms with Gasteiger partial charge in [-0.05, 0) is 79.6 Å². The molecule has 12 nitrogen and oxygen atoms in total. The van der Waals surface area contributed by atoms with Crippen molar-refractivity contribution in [2.24, 2.45) is 4.99 Å². The molecule has 4 amide bonds. The number of nitrogens with zero attached hydrogens (tertiary/aromatic N) is 6. The summed E-state index contributed by atoms with van der Waals surface area (Å²) >= 11 is 0. The van der Waals surface area contributed by atoms with Crippen molar-refractivity contribution in [3.8, 4) is 0 Å². The molecule has 56 heavy (non-hydrogen) atoms. The Hall–Kier alpha value is -7.28. The first-order valence-corrected chi connectivity index (χ1v) is 18.0. The normalized spacial score (nSPS) is 14.9. The van der Waals surface area contributed by atoms with E-state index in [1.807, 2.05) is 62.4 Å². The van der Waals surface area contributed by atoms with Crippen molar-refractivity contribution in [2.45, 2.75) is 32.9 Å². The van der Waals surface area contributed by atoms with E-state index in [0.29, 0.717) is 51.2 Å². The summed E-state index contributed by atoms with van der Waals surface area (Å²) < 4.78 is 14.0. The number of fused-ring (bicyclic) bond motifs is 2. The fraction of sp³-hybridized carbons (Fsp3) is 0.140. The summed E-state index contributed by atoms with van der Waals surface area (Å²) in [5.74, 6) is -0.353. The molecule has 0 radical (unpaired) electrons. The quantitative estimate of drug-likeness (QED) is 0.146. The average Bonchev–Trinajstić information content (AvgIpc) is 3.33. The smallest absolute Gasteiger partial charge is 0.324 e. The number of benzene rings is 4. The minimum absolute atomic E-state index is 0.190. The third-order valence-electron chi connectivity index (χ3n) is 9.68. The lowest BCUT2D eigenvalue weighted by molar-refractivity contribution is -0.117. The predicted molar refractivity (Wildman–Crippen MR) is 214 cm³/mol. The van der Waals surface area contributed by atoms with E-state index in [2.05, 4.69) is 30.9 Å². The molecule has 2 aromatic heterocycles. The van der Waals surface area contributed by atoms with Crippen LogP contribution in [0.5, 0.6) is 0 Å². The predicted octanol–water partition coefficient (Wildman–Crippen LogP) is 7.60. The van der Waals surface area contributed by atoms with Crippen LogP contribution in [-0.4, -0.2) is 51.6 Å². The molecule has 3 N–H and O–H groups in total. The van der Waals surface area contributed by atoms with Crippen molar-refractivity contribution >= 4 is 58.1 Å². The highest BCUT2D eigenvalue weighted by atomic mass is 19.1. The number of carbonyl (C=O) groups excluding carboxylic acids is 3. The highest BCUT2D eigenvalue weighted by Gasteiger charge is 2.32. The molecule has 13 heteroatoms. The van der Waals surface area contributed by atoms with E-state index in [0.717, 1.165) is 28.1 Å². The monoisotopic (exact) mass is 745 g/mol. The highest BCUT2D eigenvalue weighted by Crippen LogP contribution is 2.34. The van der Waals surface area contributed by atoms with Gasteiger partial charge in [0, 0.05) is 53.3 Å². The first-order chi connectivity index (χ1) is 27.1. The second kappa shape index (κ2) is 14.9. The number of carbonyl (C=O) groups is 3. The van der Waals surface area contributed by atoms with Crippen molar-refractivity contribution in [1.29, 1.82) is 0 Å². The average molecular weight is 746 g/mol. The number of urea groups is 1. The number of aromatic nitrogens is 3. The number of hydrogen-bond donors (Lipinski definition) is 3. The van der Waals surface area contributed by atoms with Gasteiger partial charge in [0.2, 0.25) is 11.9 Å². The van der Waals surface area contributed by atoms with E-state index in [1.54, 1.807) is 66.8 Å². The van der Waals surface area contributed by atoms with Gasteiger partial charge >= 0.3 is 6.03 Å². The zero-order chi connectivity index (χ0) is 38.9. The van der Waals surface area contributed by atoms with Crippen LogP contribution < -0.4 is 25.8 Å². The molecule has 4 aromatic carbocycles. The lowest BCUT2D eigenvalue weighted by atomic mass is 9.98. The summed E-state index contributed by atoms with van der Waals surface area (Å²) in [4.78, 5) is 62.5. The van der Waals surface area contributed by atoms with E-state index in [-0.39, 0.29) is 24.9 Å². The van der Waals surface area contributed by atoms with Gasteiger partial charge in [-0.1, -0.05) is 48.5 Å². The fourth-order valence-electron chi connectivity index (χ4n) is 6.76. The Balaban J connectivity index is 1.03. The summed E-state index contributed by atoms with van der Waals surface area (Å²) in [5, 5.41) is 9.07. The van der Waals surface area contributed by atoms with Crippen LogP contribution in [0.25, 0.3) is 0 Å². The number of hydrogen-bond acceptors (Lipinski definition) is 8. The molecule has 0 saturated heterocycles. The van der Waals surface area contributed by atoms with E-state index in [4.69, 9.17) is 4.99 Å². The van der Waals surface area contributed by atoms with E-state index in [9.17, 15) is 18.8 Å². The molecule has 0 saturated carbocycles. The number of pyridine rings is 1. The van der Waals surface area contributed by atoms with E-state index >= 15 is 0 Å². The number of aliphatic imine (C=N–C) groups is 1. The maximum Gasteiger partial charge on any atom is 0.330 e. The molecule has 0 unspecified atom stereocenters. The summed E-state index contributed by atoms with van der Waals surface area (Å²) in [6, 6.07) is 28.7. The SMILES string of the molecule is Cc1ccc(Nc2ncc3c(n2)N(C)C(=O)N(c2cc(NC(=O)c4ccc5c(c4)NC(=O)[C@H](Cc4cccc(F)c4)N=C5c4ccccc4)ccc2C)C3)cn1. The molecule has 6 aromatic rings. The third kappa shape index (κ3) is 7.29. The molecule has 0 aliphatic carbocycles. The van der Waals surface area contributed by atoms with Gasteiger partial charge < -0.3 is 16.0 Å². The topological polar surface area (TPSA) is 145 Å². The van der Waals surface area contributed by atoms with Gasteiger partial charge in [0.05, 0.1) is 35.5 Å². The molecular weight excluding hydrogens is 710 g/mol. The minimum atomic E-state index is -0.840. The molecule has 0 bridgehead atoms. The van der Waals surface area contributed by atoms with Gasteiger partial charge in [-0.15, -0.1) is 0 Å². The number of rotatable bonds is 8. The molecule has 0 fully saturated rings. The molecule has 2 aliphatic heterocycles. The van der Waals surface area contributed by atoms with Gasteiger partial charge in [0.25, 0.3) is 5.91 Å². The number of benzodiazepines with no additional fused rings is 1. The number of amides is 4. The van der Waals surface area contributed by atoms with E-state index in [1.165, 1.54) is 17.0 Å². The van der Waals surface area contributed by atoms with Crippen LogP contribution in [0.4, 0.5) is 43.7 Å². The lowest BCUT2D eigenvalue weighted by Gasteiger charge is -2.35. The first-order valence-electron chi connectivity index (χ1n) is 18.0. The van der Waals surface area contributed by atoms with Gasteiger partial charge in [-0.2, -0.15) is 4.98 Å². The second-order valence-electron chi connectivity index (χ2n) is 13.7. The van der Waals surface area contributed by atoms with Crippen LogP contribution in [0.3, 0.4) is 0 Å². The number of halogens is 1. The van der Waals surface area contributed by atoms with Gasteiger partial charge in [0.1, 0.15) is 17.7 Å². The Morgan fingerprint density at radius 1 is 0.893 bits per heavy atom. The molecular formula is C43H36FN9O3. The Kier molecular flexibility index (Phi) is 9.48. The second-order valence-corrected chi connectivity index (χ2v) is 13.7. The van der Waals surface area contributed by atoms with Gasteiger partial charge in [-0.25, -0.2) is 14.2 Å². The number of nitrogens with one attached hydrogen (secondary N) is 3. The molecule has 8 rings (SSSR count). The van der Waals surface area contributed by atoms with Crippen LogP contribution in [-0.2, 0) is 17.8 Å². The standard InChI is InChI=1S/C43H36FN9O3/c1-25-12-15-32(21-37(25)53-24-30-22-46-42(51-39(30)52(3)43(53)56)48-33-16-13-26(2)45-23-33)47-40(54)29-14-17-34-35(20-29)50-41(55)36(19-27-8-7-11-31(44)18-27)49-38(34)28-9-5-4-6-10-28/h4-18,20-23,36H,19,24H2,1-3H3,(H,47,54)(H,50,55)(H,46,48,51)/t36-/m0/s1. The zero-order valence-corrected chi connectivity index (χ0v) is 30.7. The van der Waals surface area contributed by atoms with Crippen LogP contribution in [0, 0.1) is 19.7 Å². The minimum Gasteiger partial charge on any atom is -0.324 e. The first kappa shape index (κ1) is 35.7. The fourth-order valence-corrected chi connectivity index (χ4v) is 6.76. The summed E-state index contributed by atoms with van der Waals surface area (Å²) in [6.07, 6.45) is 3.57. The molecule has 2 aliphatic rings.